The van der Waals surface area contributed by atoms with Gasteiger partial charge in [-0.3, -0.25) is 14.4 Å². The number of likely N-dealkylation sites (tertiary alicyclic amines) is 1. The molecule has 1 atom stereocenters. The summed E-state index contributed by atoms with van der Waals surface area (Å²) < 4.78 is 13.6. The molecule has 9 heteroatoms. The van der Waals surface area contributed by atoms with Crippen LogP contribution in [0.15, 0.2) is 72.9 Å². The van der Waals surface area contributed by atoms with E-state index < -0.39 is 5.97 Å². The van der Waals surface area contributed by atoms with E-state index in [-0.39, 0.29) is 19.1 Å². The number of fused-ring (bicyclic) bond motifs is 2. The van der Waals surface area contributed by atoms with E-state index in [1.807, 2.05) is 18.2 Å². The fraction of sp³-hybridized carbons (Fsp3) is 0.281. The van der Waals surface area contributed by atoms with E-state index in [0.717, 1.165) is 64.6 Å². The Hall–Kier alpha value is -4.47. The van der Waals surface area contributed by atoms with E-state index in [4.69, 9.17) is 20.3 Å². The molecule has 3 N–H and O–H groups in total. The van der Waals surface area contributed by atoms with Gasteiger partial charge in [-0.05, 0) is 53.3 Å². The molecule has 0 spiro atoms. The van der Waals surface area contributed by atoms with Crippen molar-refractivity contribution >= 4 is 33.5 Å². The Balaban J connectivity index is 1.37. The molecule has 3 aromatic carbocycles. The van der Waals surface area contributed by atoms with Gasteiger partial charge in [0.15, 0.2) is 0 Å². The molecule has 0 amide bonds. The number of benzene rings is 3. The summed E-state index contributed by atoms with van der Waals surface area (Å²) in [5.74, 6) is 0.162. The number of pyridine rings is 1. The highest BCUT2D eigenvalue weighted by Crippen LogP contribution is 2.33. The number of hydrogen-bond donors (Lipinski definition) is 2. The monoisotopic (exact) mass is 551 g/mol. The third-order valence-electron chi connectivity index (χ3n) is 7.80. The zero-order valence-electron chi connectivity index (χ0n) is 23.0. The zero-order valence-corrected chi connectivity index (χ0v) is 23.0. The highest BCUT2D eigenvalue weighted by atomic mass is 16.5. The van der Waals surface area contributed by atoms with Crippen LogP contribution in [0.5, 0.6) is 5.75 Å². The van der Waals surface area contributed by atoms with Crippen LogP contribution in [0.3, 0.4) is 0 Å². The van der Waals surface area contributed by atoms with Gasteiger partial charge < -0.3 is 20.3 Å². The first-order chi connectivity index (χ1) is 20.0. The lowest BCUT2D eigenvalue weighted by Gasteiger charge is -2.16. The maximum absolute atomic E-state index is 11.4. The average Bonchev–Trinajstić information content (AvgIpc) is 3.60. The number of nitrogens with two attached hydrogens (primary N) is 1. The molecule has 1 unspecified atom stereocenters. The van der Waals surface area contributed by atoms with Crippen LogP contribution >= 0.6 is 0 Å². The molecule has 210 valence electrons. The molecule has 41 heavy (non-hydrogen) atoms. The molecule has 0 radical (unpaired) electrons. The van der Waals surface area contributed by atoms with Crippen molar-refractivity contribution < 1.29 is 19.4 Å². The number of nitrogens with zero attached hydrogens (tertiary/aromatic N) is 4. The topological polar surface area (TPSA) is 116 Å². The Labute approximate surface area is 238 Å². The predicted molar refractivity (Wildman–Crippen MR) is 159 cm³/mol. The van der Waals surface area contributed by atoms with Gasteiger partial charge in [0.1, 0.15) is 23.9 Å². The van der Waals surface area contributed by atoms with Crippen LogP contribution in [0, 0.1) is 0 Å². The number of carboxylic acids is 1. The number of nitrogen functional groups attached to an aromatic ring is 1. The van der Waals surface area contributed by atoms with Crippen molar-refractivity contribution in [3.8, 4) is 16.9 Å². The lowest BCUT2D eigenvalue weighted by molar-refractivity contribution is -0.136. The quantitative estimate of drug-likeness (QED) is 0.251. The molecule has 1 aliphatic heterocycles. The highest BCUT2D eigenvalue weighted by molar-refractivity contribution is 5.95. The molecule has 1 fully saturated rings. The van der Waals surface area contributed by atoms with E-state index >= 15 is 0 Å². The molecule has 0 aliphatic carbocycles. The molecule has 2 aromatic heterocycles. The molecule has 9 nitrogen and oxygen atoms in total. The Morgan fingerprint density at radius 2 is 1.88 bits per heavy atom. The Kier molecular flexibility index (Phi) is 7.54. The number of ether oxygens (including phenoxy) is 2. The van der Waals surface area contributed by atoms with Gasteiger partial charge in [-0.25, -0.2) is 4.98 Å². The second-order valence-electron chi connectivity index (χ2n) is 10.5. The van der Waals surface area contributed by atoms with Crippen molar-refractivity contribution in [3.05, 3.63) is 84.2 Å². The fourth-order valence-corrected chi connectivity index (χ4v) is 5.67. The number of methoxy groups -OCH3 is 1. The predicted octanol–water partition coefficient (Wildman–Crippen LogP) is 4.93. The molecule has 0 bridgehead atoms. The van der Waals surface area contributed by atoms with Crippen LogP contribution in [0.2, 0.25) is 0 Å². The summed E-state index contributed by atoms with van der Waals surface area (Å²) in [6.07, 6.45) is 2.62. The summed E-state index contributed by atoms with van der Waals surface area (Å²) in [5, 5.41) is 17.4. The first-order valence-corrected chi connectivity index (χ1v) is 13.8. The van der Waals surface area contributed by atoms with Crippen LogP contribution in [0.1, 0.15) is 23.7 Å². The number of hydrogen-bond acceptors (Lipinski definition) is 7. The van der Waals surface area contributed by atoms with Crippen LogP contribution in [-0.4, -0.2) is 64.1 Å². The minimum atomic E-state index is -0.897. The van der Waals surface area contributed by atoms with E-state index in [1.165, 1.54) is 0 Å². The molecule has 3 heterocycles. The summed E-state index contributed by atoms with van der Waals surface area (Å²) in [6.45, 7) is 3.72. The van der Waals surface area contributed by atoms with Gasteiger partial charge >= 0.3 is 5.97 Å². The van der Waals surface area contributed by atoms with Crippen LogP contribution in [0.25, 0.3) is 32.8 Å². The first-order valence-electron chi connectivity index (χ1n) is 13.8. The summed E-state index contributed by atoms with van der Waals surface area (Å²) >= 11 is 0. The zero-order chi connectivity index (χ0) is 28.3. The summed E-state index contributed by atoms with van der Waals surface area (Å²) in [6, 6.07) is 22.1. The third kappa shape index (κ3) is 5.59. The summed E-state index contributed by atoms with van der Waals surface area (Å²) in [4.78, 5) is 18.1. The standard InChI is InChI=1S/C32H33N5O4/c1-40-15-14-36-13-11-25(19-36)37-29-9-8-23(22-7-6-21-10-12-34-32(33)26(21)16-22)17-27(29)28(35-37)20-41-30-5-3-2-4-24(30)18-31(38)39/h2-10,12,16-17,25H,11,13-15,18-20H2,1H3,(H2,33,34)(H,38,39). The first kappa shape index (κ1) is 26.7. The van der Waals surface area contributed by atoms with Crippen molar-refractivity contribution in [2.45, 2.75) is 25.5 Å². The largest absolute Gasteiger partial charge is 0.487 e. The van der Waals surface area contributed by atoms with E-state index in [9.17, 15) is 9.90 Å². The number of aromatic nitrogens is 3. The maximum atomic E-state index is 11.4. The number of para-hydroxylation sites is 1. The average molecular weight is 552 g/mol. The third-order valence-corrected chi connectivity index (χ3v) is 7.80. The second kappa shape index (κ2) is 11.6. The van der Waals surface area contributed by atoms with Crippen molar-refractivity contribution in [2.75, 3.05) is 39.1 Å². The van der Waals surface area contributed by atoms with Gasteiger partial charge in [-0.1, -0.05) is 36.4 Å². The van der Waals surface area contributed by atoms with Gasteiger partial charge in [-0.2, -0.15) is 5.10 Å². The molecule has 5 aromatic rings. The van der Waals surface area contributed by atoms with E-state index in [1.54, 1.807) is 25.4 Å². The maximum Gasteiger partial charge on any atom is 0.307 e. The number of anilines is 1. The molecule has 1 aliphatic rings. The van der Waals surface area contributed by atoms with Crippen LogP contribution < -0.4 is 10.5 Å². The van der Waals surface area contributed by atoms with Crippen molar-refractivity contribution in [3.63, 3.8) is 0 Å². The van der Waals surface area contributed by atoms with Crippen molar-refractivity contribution in [1.82, 2.24) is 19.7 Å². The minimum Gasteiger partial charge on any atom is -0.487 e. The number of carboxylic acid groups (broad SMARTS) is 1. The van der Waals surface area contributed by atoms with Gasteiger partial charge in [-0.15, -0.1) is 0 Å². The minimum absolute atomic E-state index is 0.102. The number of rotatable bonds is 10. The van der Waals surface area contributed by atoms with Crippen LogP contribution in [0.4, 0.5) is 5.82 Å². The normalized spacial score (nSPS) is 15.6. The molecule has 0 saturated carbocycles. The van der Waals surface area contributed by atoms with E-state index in [0.29, 0.717) is 23.7 Å². The van der Waals surface area contributed by atoms with Gasteiger partial charge in [0.2, 0.25) is 0 Å². The number of aliphatic carboxylic acids is 1. The van der Waals surface area contributed by atoms with Crippen molar-refractivity contribution in [2.24, 2.45) is 0 Å². The Bertz CT molecular complexity index is 1720. The lowest BCUT2D eigenvalue weighted by Crippen LogP contribution is -2.25. The van der Waals surface area contributed by atoms with E-state index in [2.05, 4.69) is 51.0 Å². The lowest BCUT2D eigenvalue weighted by atomic mass is 10.00. The van der Waals surface area contributed by atoms with Crippen molar-refractivity contribution in [1.29, 1.82) is 0 Å². The number of carbonyl (C=O) groups is 1. The smallest absolute Gasteiger partial charge is 0.307 e. The van der Waals surface area contributed by atoms with Gasteiger partial charge in [0, 0.05) is 49.3 Å². The SMILES string of the molecule is COCCN1CCC(n2nc(COc3ccccc3CC(=O)O)c3cc(-c4ccc5ccnc(N)c5c4)ccc32)C1. The molecular formula is C32H33N5O4. The van der Waals surface area contributed by atoms with Gasteiger partial charge in [0.05, 0.1) is 24.6 Å². The summed E-state index contributed by atoms with van der Waals surface area (Å²) in [5.41, 5.74) is 10.8. The second-order valence-corrected chi connectivity index (χ2v) is 10.5. The molecule has 1 saturated heterocycles. The Morgan fingerprint density at radius 3 is 2.71 bits per heavy atom. The highest BCUT2D eigenvalue weighted by Gasteiger charge is 2.27. The Morgan fingerprint density at radius 1 is 1.07 bits per heavy atom. The van der Waals surface area contributed by atoms with Gasteiger partial charge in [0.25, 0.3) is 0 Å². The molecule has 6 rings (SSSR count). The molecular weight excluding hydrogens is 518 g/mol. The summed E-state index contributed by atoms with van der Waals surface area (Å²) in [7, 11) is 1.73. The van der Waals surface area contributed by atoms with Crippen LogP contribution in [-0.2, 0) is 22.6 Å². The fourth-order valence-electron chi connectivity index (χ4n) is 5.67.